The molecular weight excluding hydrogens is 284 g/mol. The maximum Gasteiger partial charge on any atom is 0.326 e. The summed E-state index contributed by atoms with van der Waals surface area (Å²) in [7, 11) is 1.51. The number of benzene rings is 2. The van der Waals surface area contributed by atoms with Crippen LogP contribution in [0.15, 0.2) is 42.5 Å². The van der Waals surface area contributed by atoms with Gasteiger partial charge in [-0.15, -0.1) is 0 Å². The summed E-state index contributed by atoms with van der Waals surface area (Å²) in [5.41, 5.74) is 1.04. The number of Topliss-reactive ketones (excluding diaryl/α,β-unsaturated/α-hetero) is 1. The number of methoxy groups -OCH3 is 1. The summed E-state index contributed by atoms with van der Waals surface area (Å²) in [5.74, 6) is -0.581. The van der Waals surface area contributed by atoms with Gasteiger partial charge in [0.05, 0.1) is 12.7 Å². The minimum Gasteiger partial charge on any atom is -0.493 e. The molecule has 5 heteroatoms. The molecule has 22 heavy (non-hydrogen) atoms. The van der Waals surface area contributed by atoms with Crippen molar-refractivity contribution in [3.05, 3.63) is 53.6 Å². The number of para-hydroxylation sites is 2. The number of esters is 1. The minimum atomic E-state index is -0.977. The van der Waals surface area contributed by atoms with Crippen molar-refractivity contribution < 1.29 is 23.8 Å². The first-order valence-electron chi connectivity index (χ1n) is 6.89. The minimum absolute atomic E-state index is 0.301. The van der Waals surface area contributed by atoms with Gasteiger partial charge in [-0.25, -0.2) is 0 Å². The Morgan fingerprint density at radius 2 is 1.86 bits per heavy atom. The van der Waals surface area contributed by atoms with Crippen LogP contribution in [0.2, 0.25) is 0 Å². The molecule has 110 valence electrons. The van der Waals surface area contributed by atoms with Gasteiger partial charge in [-0.3, -0.25) is 9.59 Å². The van der Waals surface area contributed by atoms with E-state index in [0.717, 1.165) is 0 Å². The van der Waals surface area contributed by atoms with E-state index in [1.54, 1.807) is 36.4 Å². The van der Waals surface area contributed by atoms with Crippen LogP contribution in [-0.2, 0) is 4.79 Å². The fourth-order valence-corrected chi connectivity index (χ4v) is 2.95. The summed E-state index contributed by atoms with van der Waals surface area (Å²) in [6.07, 6.45) is -0.686. The van der Waals surface area contributed by atoms with E-state index in [4.69, 9.17) is 14.2 Å². The molecular formula is C17H12O5. The van der Waals surface area contributed by atoms with Crippen molar-refractivity contribution in [2.75, 3.05) is 7.11 Å². The molecule has 0 radical (unpaired) electrons. The molecule has 0 aliphatic carbocycles. The number of ether oxygens (including phenoxy) is 3. The van der Waals surface area contributed by atoms with Crippen LogP contribution in [0.5, 0.6) is 17.2 Å². The van der Waals surface area contributed by atoms with Gasteiger partial charge in [0.2, 0.25) is 0 Å². The highest BCUT2D eigenvalue weighted by Gasteiger charge is 2.48. The summed E-state index contributed by atoms with van der Waals surface area (Å²) >= 11 is 0. The largest absolute Gasteiger partial charge is 0.493 e. The topological polar surface area (TPSA) is 61.8 Å². The van der Waals surface area contributed by atoms with Crippen LogP contribution >= 0.6 is 0 Å². The lowest BCUT2D eigenvalue weighted by Gasteiger charge is -2.35. The first-order valence-corrected chi connectivity index (χ1v) is 6.89. The normalized spacial score (nSPS) is 21.9. The Balaban J connectivity index is 1.91. The van der Waals surface area contributed by atoms with E-state index in [0.29, 0.717) is 28.4 Å². The second-order valence-corrected chi connectivity index (χ2v) is 5.18. The molecule has 0 saturated carbocycles. The third-order valence-corrected chi connectivity index (χ3v) is 3.98. The van der Waals surface area contributed by atoms with Crippen molar-refractivity contribution in [1.29, 1.82) is 0 Å². The van der Waals surface area contributed by atoms with Gasteiger partial charge < -0.3 is 14.2 Å². The molecule has 2 atom stereocenters. The molecule has 0 N–H and O–H groups in total. The number of hydrogen-bond acceptors (Lipinski definition) is 5. The van der Waals surface area contributed by atoms with Crippen LogP contribution in [-0.4, -0.2) is 18.9 Å². The highest BCUT2D eigenvalue weighted by Crippen LogP contribution is 2.47. The predicted octanol–water partition coefficient (Wildman–Crippen LogP) is 2.55. The Hall–Kier alpha value is -2.82. The Morgan fingerprint density at radius 3 is 2.68 bits per heavy atom. The second kappa shape index (κ2) is 4.59. The zero-order valence-electron chi connectivity index (χ0n) is 11.7. The summed E-state index contributed by atoms with van der Waals surface area (Å²) in [4.78, 5) is 24.9. The first kappa shape index (κ1) is 12.9. The zero-order chi connectivity index (χ0) is 15.3. The lowest BCUT2D eigenvalue weighted by atomic mass is 9.84. The molecule has 2 aliphatic heterocycles. The van der Waals surface area contributed by atoms with Gasteiger partial charge in [-0.05, 0) is 18.2 Å². The standard InChI is InChI=1S/C17H12O5/c1-20-12-8-4-6-10-14(18)13-16(22-15(10)12)9-5-2-3-7-11(9)21-17(13)19/h2-8,13,16H,1H3/t13-,16-/m0/s1. The number of carbonyl (C=O) groups is 2. The highest BCUT2D eigenvalue weighted by atomic mass is 16.6. The van der Waals surface area contributed by atoms with Crippen molar-refractivity contribution in [3.63, 3.8) is 0 Å². The number of rotatable bonds is 1. The molecule has 4 rings (SSSR count). The molecule has 2 aliphatic rings. The molecule has 0 amide bonds. The predicted molar refractivity (Wildman–Crippen MR) is 76.3 cm³/mol. The van der Waals surface area contributed by atoms with Gasteiger partial charge in [0.25, 0.3) is 0 Å². The van der Waals surface area contributed by atoms with Crippen molar-refractivity contribution >= 4 is 11.8 Å². The second-order valence-electron chi connectivity index (χ2n) is 5.18. The molecule has 0 spiro atoms. The van der Waals surface area contributed by atoms with Gasteiger partial charge >= 0.3 is 5.97 Å². The number of fused-ring (bicyclic) bond motifs is 4. The Morgan fingerprint density at radius 1 is 1.05 bits per heavy atom. The SMILES string of the molecule is COc1cccc2c1O[C@H]1c3ccccc3OC(=O)[C@H]1C2=O. The van der Waals surface area contributed by atoms with Crippen LogP contribution in [0.25, 0.3) is 0 Å². The molecule has 5 nitrogen and oxygen atoms in total. The molecule has 2 heterocycles. The van der Waals surface area contributed by atoms with Crippen LogP contribution in [0.3, 0.4) is 0 Å². The van der Waals surface area contributed by atoms with E-state index in [-0.39, 0.29) is 5.78 Å². The first-order chi connectivity index (χ1) is 10.7. The number of ketones is 1. The van der Waals surface area contributed by atoms with Crippen LogP contribution in [0.1, 0.15) is 22.0 Å². The van der Waals surface area contributed by atoms with Crippen molar-refractivity contribution in [2.24, 2.45) is 5.92 Å². The lowest BCUT2D eigenvalue weighted by Crippen LogP contribution is -2.42. The molecule has 0 saturated heterocycles. The molecule has 2 aromatic carbocycles. The van der Waals surface area contributed by atoms with Crippen molar-refractivity contribution in [3.8, 4) is 17.2 Å². The van der Waals surface area contributed by atoms with Crippen LogP contribution in [0.4, 0.5) is 0 Å². The average molecular weight is 296 g/mol. The van der Waals surface area contributed by atoms with E-state index >= 15 is 0 Å². The maximum atomic E-state index is 12.7. The number of carbonyl (C=O) groups excluding carboxylic acids is 2. The fourth-order valence-electron chi connectivity index (χ4n) is 2.95. The highest BCUT2D eigenvalue weighted by molar-refractivity contribution is 6.13. The van der Waals surface area contributed by atoms with E-state index < -0.39 is 18.0 Å². The fraction of sp³-hybridized carbons (Fsp3) is 0.176. The number of hydrogen-bond donors (Lipinski definition) is 0. The summed E-state index contributed by atoms with van der Waals surface area (Å²) in [5, 5.41) is 0. The van der Waals surface area contributed by atoms with Gasteiger partial charge in [0.1, 0.15) is 11.9 Å². The Labute approximate surface area is 126 Å². The molecule has 0 fully saturated rings. The summed E-state index contributed by atoms with van der Waals surface area (Å²) < 4.78 is 16.5. The molecule has 0 bridgehead atoms. The Bertz CT molecular complexity index is 795. The van der Waals surface area contributed by atoms with Gasteiger partial charge in [0, 0.05) is 5.56 Å². The van der Waals surface area contributed by atoms with E-state index in [2.05, 4.69) is 0 Å². The maximum absolute atomic E-state index is 12.7. The Kier molecular flexibility index (Phi) is 2.69. The summed E-state index contributed by atoms with van der Waals surface area (Å²) in [6, 6.07) is 12.1. The third kappa shape index (κ3) is 1.65. The van der Waals surface area contributed by atoms with Crippen molar-refractivity contribution in [2.45, 2.75) is 6.10 Å². The van der Waals surface area contributed by atoms with Gasteiger partial charge in [-0.1, -0.05) is 24.3 Å². The lowest BCUT2D eigenvalue weighted by molar-refractivity contribution is -0.142. The van der Waals surface area contributed by atoms with Crippen molar-refractivity contribution in [1.82, 2.24) is 0 Å². The van der Waals surface area contributed by atoms with E-state index in [9.17, 15) is 9.59 Å². The third-order valence-electron chi connectivity index (χ3n) is 3.98. The van der Waals surface area contributed by atoms with Gasteiger partial charge in [-0.2, -0.15) is 0 Å². The monoisotopic (exact) mass is 296 g/mol. The van der Waals surface area contributed by atoms with Crippen LogP contribution in [0, 0.1) is 5.92 Å². The smallest absolute Gasteiger partial charge is 0.326 e. The molecule has 0 aromatic heterocycles. The summed E-state index contributed by atoms with van der Waals surface area (Å²) in [6.45, 7) is 0. The molecule has 2 aromatic rings. The quantitative estimate of drug-likeness (QED) is 0.460. The van der Waals surface area contributed by atoms with E-state index in [1.807, 2.05) is 6.07 Å². The molecule has 0 unspecified atom stereocenters. The van der Waals surface area contributed by atoms with Crippen LogP contribution < -0.4 is 14.2 Å². The average Bonchev–Trinajstić information content (AvgIpc) is 2.54. The van der Waals surface area contributed by atoms with E-state index in [1.165, 1.54) is 7.11 Å². The van der Waals surface area contributed by atoms with Gasteiger partial charge in [0.15, 0.2) is 23.2 Å². The zero-order valence-corrected chi connectivity index (χ0v) is 11.7.